The minimum atomic E-state index is -0.541. The van der Waals surface area contributed by atoms with Crippen LogP contribution in [0.1, 0.15) is 17.3 Å². The molecular weight excluding hydrogens is 284 g/mol. The van der Waals surface area contributed by atoms with Crippen LogP contribution in [0.15, 0.2) is 54.6 Å². The van der Waals surface area contributed by atoms with Gasteiger partial charge in [-0.25, -0.2) is 4.79 Å². The first-order valence-electron chi connectivity index (χ1n) is 7.52. The Morgan fingerprint density at radius 2 is 1.57 bits per heavy atom. The van der Waals surface area contributed by atoms with Crippen LogP contribution in [0, 0.1) is 12.3 Å². The fourth-order valence-corrected chi connectivity index (χ4v) is 3.17. The van der Waals surface area contributed by atoms with Crippen molar-refractivity contribution in [2.75, 3.05) is 0 Å². The first-order chi connectivity index (χ1) is 11.2. The number of rotatable bonds is 2. The summed E-state index contributed by atoms with van der Waals surface area (Å²) in [7, 11) is 0. The van der Waals surface area contributed by atoms with Crippen LogP contribution in [-0.2, 0) is 4.74 Å². The lowest BCUT2D eigenvalue weighted by Gasteiger charge is -2.14. The second-order valence-corrected chi connectivity index (χ2v) is 5.68. The van der Waals surface area contributed by atoms with E-state index in [-0.39, 0.29) is 5.97 Å². The molecular formula is C21H14O2. The van der Waals surface area contributed by atoms with Gasteiger partial charge in [0.2, 0.25) is 0 Å². The molecule has 0 fully saturated rings. The summed E-state index contributed by atoms with van der Waals surface area (Å²) in [6.07, 6.45) is 4.76. The van der Waals surface area contributed by atoms with Crippen LogP contribution in [0.5, 0.6) is 0 Å². The highest BCUT2D eigenvalue weighted by Gasteiger charge is 2.17. The number of benzene rings is 4. The van der Waals surface area contributed by atoms with Gasteiger partial charge in [0.1, 0.15) is 0 Å². The van der Waals surface area contributed by atoms with Gasteiger partial charge in [-0.2, -0.15) is 0 Å². The van der Waals surface area contributed by atoms with Crippen LogP contribution in [0.3, 0.4) is 0 Å². The number of carbonyl (C=O) groups excluding carboxylic acids is 1. The largest absolute Gasteiger partial charge is 0.446 e. The molecule has 110 valence electrons. The molecule has 0 bridgehead atoms. The fourth-order valence-electron chi connectivity index (χ4n) is 3.17. The van der Waals surface area contributed by atoms with Gasteiger partial charge in [-0.3, -0.25) is 0 Å². The molecule has 0 N–H and O–H groups in total. The molecule has 0 unspecified atom stereocenters. The van der Waals surface area contributed by atoms with E-state index in [1.165, 1.54) is 16.2 Å². The minimum absolute atomic E-state index is 0.381. The molecule has 4 rings (SSSR count). The first kappa shape index (κ1) is 13.6. The number of hydrogen-bond acceptors (Lipinski definition) is 2. The highest BCUT2D eigenvalue weighted by molar-refractivity contribution is 6.25. The number of carbonyl (C=O) groups is 1. The Morgan fingerprint density at radius 3 is 2.26 bits per heavy atom. The van der Waals surface area contributed by atoms with Crippen molar-refractivity contribution in [2.45, 2.75) is 13.0 Å². The standard InChI is InChI=1S/C21H14O2/c1-3-13(2)23-21(22)18-12-10-16-8-7-14-5-4-6-15-9-11-17(18)20(16)19(14)15/h1,4-13H,2H3/t13-/m1/s1. The van der Waals surface area contributed by atoms with Gasteiger partial charge in [-0.15, -0.1) is 6.42 Å². The first-order valence-corrected chi connectivity index (χ1v) is 7.52. The monoisotopic (exact) mass is 298 g/mol. The molecule has 0 saturated carbocycles. The summed E-state index contributed by atoms with van der Waals surface area (Å²) in [5.41, 5.74) is 0.554. The Morgan fingerprint density at radius 1 is 0.957 bits per heavy atom. The second kappa shape index (κ2) is 5.00. The molecule has 0 aromatic heterocycles. The molecule has 4 aromatic carbocycles. The van der Waals surface area contributed by atoms with E-state index in [0.29, 0.717) is 5.56 Å². The molecule has 0 radical (unpaired) electrons. The Labute approximate surface area is 134 Å². The zero-order valence-corrected chi connectivity index (χ0v) is 12.7. The van der Waals surface area contributed by atoms with Crippen molar-refractivity contribution in [1.82, 2.24) is 0 Å². The van der Waals surface area contributed by atoms with Gasteiger partial charge in [0, 0.05) is 0 Å². The highest BCUT2D eigenvalue weighted by Crippen LogP contribution is 2.36. The molecule has 0 heterocycles. The van der Waals surface area contributed by atoms with Crippen molar-refractivity contribution in [3.63, 3.8) is 0 Å². The van der Waals surface area contributed by atoms with Gasteiger partial charge in [0.25, 0.3) is 0 Å². The van der Waals surface area contributed by atoms with Crippen LogP contribution in [-0.4, -0.2) is 12.1 Å². The van der Waals surface area contributed by atoms with Crippen LogP contribution < -0.4 is 0 Å². The van der Waals surface area contributed by atoms with E-state index in [2.05, 4.69) is 30.2 Å². The van der Waals surface area contributed by atoms with Gasteiger partial charge in [0.05, 0.1) is 5.56 Å². The third kappa shape index (κ3) is 2.02. The third-order valence-electron chi connectivity index (χ3n) is 4.27. The van der Waals surface area contributed by atoms with E-state index in [1.54, 1.807) is 6.92 Å². The molecule has 0 aliphatic heterocycles. The zero-order valence-electron chi connectivity index (χ0n) is 12.7. The van der Waals surface area contributed by atoms with Gasteiger partial charge in [0.15, 0.2) is 6.10 Å². The predicted molar refractivity (Wildman–Crippen MR) is 93.9 cm³/mol. The summed E-state index contributed by atoms with van der Waals surface area (Å²) in [5.74, 6) is 2.04. The fraction of sp³-hybridized carbons (Fsp3) is 0.0952. The number of hydrogen-bond donors (Lipinski definition) is 0. The molecule has 23 heavy (non-hydrogen) atoms. The number of ether oxygens (including phenoxy) is 1. The lowest BCUT2D eigenvalue weighted by atomic mass is 9.92. The molecule has 0 saturated heterocycles. The maximum atomic E-state index is 12.4. The minimum Gasteiger partial charge on any atom is -0.446 e. The predicted octanol–water partition coefficient (Wildman–Crippen LogP) is 4.76. The molecule has 0 spiro atoms. The summed E-state index contributed by atoms with van der Waals surface area (Å²) in [6.45, 7) is 1.69. The van der Waals surface area contributed by atoms with Crippen molar-refractivity contribution in [2.24, 2.45) is 0 Å². The van der Waals surface area contributed by atoms with Gasteiger partial charge < -0.3 is 4.74 Å². The summed E-state index contributed by atoms with van der Waals surface area (Å²) < 4.78 is 5.30. The topological polar surface area (TPSA) is 26.3 Å². The average molecular weight is 298 g/mol. The van der Waals surface area contributed by atoms with Crippen molar-refractivity contribution < 1.29 is 9.53 Å². The van der Waals surface area contributed by atoms with E-state index in [0.717, 1.165) is 16.2 Å². The molecule has 2 heteroatoms. The van der Waals surface area contributed by atoms with Crippen LogP contribution in [0.4, 0.5) is 0 Å². The van der Waals surface area contributed by atoms with Crippen molar-refractivity contribution in [1.29, 1.82) is 0 Å². The molecule has 1 atom stereocenters. The van der Waals surface area contributed by atoms with E-state index in [4.69, 9.17) is 11.2 Å². The molecule has 2 nitrogen and oxygen atoms in total. The van der Waals surface area contributed by atoms with Crippen LogP contribution in [0.25, 0.3) is 32.3 Å². The van der Waals surface area contributed by atoms with E-state index < -0.39 is 6.10 Å². The lowest BCUT2D eigenvalue weighted by Crippen LogP contribution is -2.13. The second-order valence-electron chi connectivity index (χ2n) is 5.68. The highest BCUT2D eigenvalue weighted by atomic mass is 16.5. The van der Waals surface area contributed by atoms with E-state index >= 15 is 0 Å². The van der Waals surface area contributed by atoms with Crippen molar-refractivity contribution >= 4 is 38.3 Å². The SMILES string of the molecule is C#C[C@@H](C)OC(=O)c1ccc2ccc3cccc4ccc1c2c34. The Bertz CT molecular complexity index is 1070. The lowest BCUT2D eigenvalue weighted by molar-refractivity contribution is 0.0441. The maximum absolute atomic E-state index is 12.4. The molecule has 0 aliphatic carbocycles. The number of terminal acetylenes is 1. The summed E-state index contributed by atoms with van der Waals surface area (Å²) in [4.78, 5) is 12.4. The molecule has 4 aromatic rings. The average Bonchev–Trinajstić information content (AvgIpc) is 2.59. The van der Waals surface area contributed by atoms with E-state index in [9.17, 15) is 4.79 Å². The van der Waals surface area contributed by atoms with E-state index in [1.807, 2.05) is 30.3 Å². The Hall–Kier alpha value is -3.05. The Balaban J connectivity index is 2.04. The van der Waals surface area contributed by atoms with Crippen LogP contribution >= 0.6 is 0 Å². The quantitative estimate of drug-likeness (QED) is 0.303. The zero-order chi connectivity index (χ0) is 16.0. The molecule has 0 amide bonds. The molecule has 0 aliphatic rings. The maximum Gasteiger partial charge on any atom is 0.339 e. The smallest absolute Gasteiger partial charge is 0.339 e. The Kier molecular flexibility index (Phi) is 2.96. The summed E-state index contributed by atoms with van der Waals surface area (Å²) >= 11 is 0. The number of esters is 1. The van der Waals surface area contributed by atoms with Gasteiger partial charge in [-0.1, -0.05) is 54.5 Å². The normalized spacial score (nSPS) is 12.5. The van der Waals surface area contributed by atoms with Gasteiger partial charge in [-0.05, 0) is 45.3 Å². The summed E-state index contributed by atoms with van der Waals surface area (Å²) in [5, 5.41) is 6.64. The summed E-state index contributed by atoms with van der Waals surface area (Å²) in [6, 6.07) is 18.2. The third-order valence-corrected chi connectivity index (χ3v) is 4.27. The van der Waals surface area contributed by atoms with Crippen LogP contribution in [0.2, 0.25) is 0 Å². The van der Waals surface area contributed by atoms with Crippen molar-refractivity contribution in [3.8, 4) is 12.3 Å². The van der Waals surface area contributed by atoms with Gasteiger partial charge >= 0.3 is 5.97 Å². The van der Waals surface area contributed by atoms with Crippen molar-refractivity contribution in [3.05, 3.63) is 60.2 Å².